The third-order valence-corrected chi connectivity index (χ3v) is 3.45. The fraction of sp³-hybridized carbons (Fsp3) is 0.429. The van der Waals surface area contributed by atoms with Gasteiger partial charge in [-0.1, -0.05) is 17.7 Å². The van der Waals surface area contributed by atoms with Gasteiger partial charge in [0.1, 0.15) is 0 Å². The maximum atomic E-state index is 11.9. The highest BCUT2D eigenvalue weighted by atomic mass is 35.5. The lowest BCUT2D eigenvalue weighted by Crippen LogP contribution is -2.40. The van der Waals surface area contributed by atoms with Crippen molar-refractivity contribution < 1.29 is 4.79 Å². The number of fused-ring (bicyclic) bond motifs is 1. The zero-order chi connectivity index (χ0) is 14.9. The van der Waals surface area contributed by atoms with Crippen LogP contribution in [-0.4, -0.2) is 21.0 Å². The monoisotopic (exact) mass is 311 g/mol. The molecule has 4 nitrogen and oxygen atoms in total. The summed E-state index contributed by atoms with van der Waals surface area (Å²) in [6, 6.07) is 5.60. The van der Waals surface area contributed by atoms with Crippen LogP contribution < -0.4 is 5.32 Å². The standard InChI is InChI=1S/C14H18ClN3OS/c1-14(2,3)17-11(19)7-8-18-12-9(15)5-4-6-10(12)16-13(18)20/h4-6H,7-8H2,1-3H3,(H,16,20)(H,17,19). The summed E-state index contributed by atoms with van der Waals surface area (Å²) >= 11 is 11.5. The Morgan fingerprint density at radius 1 is 1.45 bits per heavy atom. The summed E-state index contributed by atoms with van der Waals surface area (Å²) in [6.07, 6.45) is 0.365. The summed E-state index contributed by atoms with van der Waals surface area (Å²) in [6.45, 7) is 6.38. The second-order valence-electron chi connectivity index (χ2n) is 5.77. The van der Waals surface area contributed by atoms with E-state index in [9.17, 15) is 4.79 Å². The largest absolute Gasteiger partial charge is 0.351 e. The molecule has 2 aromatic rings. The Balaban J connectivity index is 2.20. The summed E-state index contributed by atoms with van der Waals surface area (Å²) in [4.78, 5) is 15.0. The number of amides is 1. The zero-order valence-electron chi connectivity index (χ0n) is 11.8. The van der Waals surface area contributed by atoms with Crippen LogP contribution in [0, 0.1) is 4.77 Å². The Hall–Kier alpha value is -1.33. The number of carbonyl (C=O) groups is 1. The van der Waals surface area contributed by atoms with Crippen LogP contribution in [0.25, 0.3) is 11.0 Å². The average molecular weight is 312 g/mol. The molecule has 0 unspecified atom stereocenters. The van der Waals surface area contributed by atoms with Gasteiger partial charge in [-0.15, -0.1) is 0 Å². The first kappa shape index (κ1) is 15.1. The van der Waals surface area contributed by atoms with Gasteiger partial charge in [-0.2, -0.15) is 0 Å². The number of halogens is 1. The Kier molecular flexibility index (Phi) is 4.20. The van der Waals surface area contributed by atoms with Crippen molar-refractivity contribution in [1.82, 2.24) is 14.9 Å². The second-order valence-corrected chi connectivity index (χ2v) is 6.56. The molecule has 2 rings (SSSR count). The number of rotatable bonds is 3. The number of aryl methyl sites for hydroxylation is 1. The molecule has 0 bridgehead atoms. The van der Waals surface area contributed by atoms with Gasteiger partial charge < -0.3 is 14.9 Å². The minimum atomic E-state index is -0.226. The minimum absolute atomic E-state index is 0.000744. The third-order valence-electron chi connectivity index (χ3n) is 2.82. The summed E-state index contributed by atoms with van der Waals surface area (Å²) in [5.41, 5.74) is 1.51. The van der Waals surface area contributed by atoms with Crippen molar-refractivity contribution in [2.24, 2.45) is 0 Å². The highest BCUT2D eigenvalue weighted by Gasteiger charge is 2.14. The summed E-state index contributed by atoms with van der Waals surface area (Å²) < 4.78 is 2.45. The van der Waals surface area contributed by atoms with E-state index in [1.807, 2.05) is 43.5 Å². The van der Waals surface area contributed by atoms with E-state index in [1.165, 1.54) is 0 Å². The van der Waals surface area contributed by atoms with Crippen molar-refractivity contribution in [3.8, 4) is 0 Å². The Bertz CT molecular complexity index is 696. The number of carbonyl (C=O) groups excluding carboxylic acids is 1. The van der Waals surface area contributed by atoms with Gasteiger partial charge in [-0.3, -0.25) is 4.79 Å². The molecule has 0 aliphatic heterocycles. The molecule has 0 atom stereocenters. The normalized spacial score (nSPS) is 11.8. The molecule has 2 N–H and O–H groups in total. The lowest BCUT2D eigenvalue weighted by Gasteiger charge is -2.20. The van der Waals surface area contributed by atoms with Crippen LogP contribution in [0.15, 0.2) is 18.2 Å². The van der Waals surface area contributed by atoms with Gasteiger partial charge in [-0.05, 0) is 45.1 Å². The molecule has 1 amide bonds. The summed E-state index contributed by atoms with van der Waals surface area (Å²) in [7, 11) is 0. The third kappa shape index (κ3) is 3.41. The van der Waals surface area contributed by atoms with Crippen LogP contribution in [0.4, 0.5) is 0 Å². The fourth-order valence-electron chi connectivity index (χ4n) is 2.08. The molecule has 0 saturated heterocycles. The topological polar surface area (TPSA) is 49.8 Å². The van der Waals surface area contributed by atoms with Crippen LogP contribution in [-0.2, 0) is 11.3 Å². The quantitative estimate of drug-likeness (QED) is 0.850. The molecule has 1 heterocycles. The predicted octanol–water partition coefficient (Wildman–Crippen LogP) is 3.66. The highest BCUT2D eigenvalue weighted by molar-refractivity contribution is 7.71. The number of aromatic nitrogens is 2. The fourth-order valence-corrected chi connectivity index (χ4v) is 2.65. The van der Waals surface area contributed by atoms with Gasteiger partial charge in [0.25, 0.3) is 0 Å². The maximum absolute atomic E-state index is 11.9. The number of hydrogen-bond donors (Lipinski definition) is 2. The van der Waals surface area contributed by atoms with Gasteiger partial charge in [-0.25, -0.2) is 0 Å². The first-order valence-corrected chi connectivity index (χ1v) is 7.24. The molecule has 0 saturated carbocycles. The molecule has 6 heteroatoms. The van der Waals surface area contributed by atoms with Crippen molar-refractivity contribution in [3.05, 3.63) is 28.0 Å². The van der Waals surface area contributed by atoms with E-state index in [0.717, 1.165) is 11.0 Å². The van der Waals surface area contributed by atoms with Crippen molar-refractivity contribution in [2.45, 2.75) is 39.3 Å². The molecule has 1 aromatic heterocycles. The number of benzene rings is 1. The number of imidazole rings is 1. The number of nitrogens with one attached hydrogen (secondary N) is 2. The smallest absolute Gasteiger partial charge is 0.222 e. The van der Waals surface area contributed by atoms with Gasteiger partial charge in [0.15, 0.2) is 4.77 Å². The van der Waals surface area contributed by atoms with E-state index in [-0.39, 0.29) is 11.4 Å². The first-order valence-electron chi connectivity index (χ1n) is 6.46. The van der Waals surface area contributed by atoms with Gasteiger partial charge in [0.2, 0.25) is 5.91 Å². The van der Waals surface area contributed by atoms with Gasteiger partial charge >= 0.3 is 0 Å². The van der Waals surface area contributed by atoms with Crippen molar-refractivity contribution in [3.63, 3.8) is 0 Å². The predicted molar refractivity (Wildman–Crippen MR) is 84.6 cm³/mol. The molecule has 108 valence electrons. The maximum Gasteiger partial charge on any atom is 0.222 e. The van der Waals surface area contributed by atoms with E-state index in [0.29, 0.717) is 22.8 Å². The van der Waals surface area contributed by atoms with Crippen molar-refractivity contribution in [2.75, 3.05) is 0 Å². The lowest BCUT2D eigenvalue weighted by molar-refractivity contribution is -0.122. The molecular weight excluding hydrogens is 294 g/mol. The molecule has 0 aliphatic rings. The zero-order valence-corrected chi connectivity index (χ0v) is 13.4. The van der Waals surface area contributed by atoms with E-state index in [1.54, 1.807) is 0 Å². The van der Waals surface area contributed by atoms with E-state index >= 15 is 0 Å². The second kappa shape index (κ2) is 5.58. The number of nitrogens with zero attached hydrogens (tertiary/aromatic N) is 1. The number of aromatic amines is 1. The van der Waals surface area contributed by atoms with E-state index in [4.69, 9.17) is 23.8 Å². The molecule has 0 fully saturated rings. The number of H-pyrrole nitrogens is 1. The van der Waals surface area contributed by atoms with Crippen molar-refractivity contribution in [1.29, 1.82) is 0 Å². The number of para-hydroxylation sites is 1. The van der Waals surface area contributed by atoms with Gasteiger partial charge in [0.05, 0.1) is 16.1 Å². The Morgan fingerprint density at radius 2 is 2.15 bits per heavy atom. The van der Waals surface area contributed by atoms with E-state index in [2.05, 4.69) is 10.3 Å². The highest BCUT2D eigenvalue weighted by Crippen LogP contribution is 2.23. The summed E-state index contributed by atoms with van der Waals surface area (Å²) in [5.74, 6) is 0.000744. The van der Waals surface area contributed by atoms with Crippen molar-refractivity contribution >= 4 is 40.8 Å². The molecule has 0 aliphatic carbocycles. The molecule has 0 radical (unpaired) electrons. The molecule has 0 spiro atoms. The summed E-state index contributed by atoms with van der Waals surface area (Å²) in [5, 5.41) is 3.56. The van der Waals surface area contributed by atoms with Gasteiger partial charge in [0, 0.05) is 18.5 Å². The molecular formula is C14H18ClN3OS. The first-order chi connectivity index (χ1) is 9.28. The van der Waals surface area contributed by atoms with E-state index < -0.39 is 0 Å². The molecule has 20 heavy (non-hydrogen) atoms. The van der Waals surface area contributed by atoms with Crippen LogP contribution >= 0.6 is 23.8 Å². The minimum Gasteiger partial charge on any atom is -0.351 e. The Labute approximate surface area is 128 Å². The van der Waals surface area contributed by atoms with Crippen LogP contribution in [0.1, 0.15) is 27.2 Å². The molecule has 1 aromatic carbocycles. The Morgan fingerprint density at radius 3 is 2.80 bits per heavy atom. The average Bonchev–Trinajstić information content (AvgIpc) is 2.61. The number of hydrogen-bond acceptors (Lipinski definition) is 2. The van der Waals surface area contributed by atoms with Crippen LogP contribution in [0.5, 0.6) is 0 Å². The SMILES string of the molecule is CC(C)(C)NC(=O)CCn1c(=S)[nH]c2cccc(Cl)c21. The van der Waals surface area contributed by atoms with Crippen LogP contribution in [0.2, 0.25) is 5.02 Å². The lowest BCUT2D eigenvalue weighted by atomic mass is 10.1. The van der Waals surface area contributed by atoms with Crippen LogP contribution in [0.3, 0.4) is 0 Å².